The van der Waals surface area contributed by atoms with E-state index in [-0.39, 0.29) is 17.9 Å². The van der Waals surface area contributed by atoms with Crippen molar-refractivity contribution in [3.63, 3.8) is 0 Å². The van der Waals surface area contributed by atoms with Gasteiger partial charge in [-0.25, -0.2) is 10.1 Å². The van der Waals surface area contributed by atoms with E-state index in [2.05, 4.69) is 31.6 Å². The number of carbonyl (C=O) groups is 1. The van der Waals surface area contributed by atoms with E-state index in [0.29, 0.717) is 11.3 Å². The van der Waals surface area contributed by atoms with Gasteiger partial charge in [0.25, 0.3) is 5.56 Å². The van der Waals surface area contributed by atoms with Crippen LogP contribution < -0.4 is 11.0 Å². The lowest BCUT2D eigenvalue weighted by Gasteiger charge is -2.07. The van der Waals surface area contributed by atoms with Crippen LogP contribution in [-0.4, -0.2) is 21.9 Å². The van der Waals surface area contributed by atoms with Crippen LogP contribution in [0.5, 0.6) is 0 Å². The zero-order valence-corrected chi connectivity index (χ0v) is 17.8. The van der Waals surface area contributed by atoms with Gasteiger partial charge in [-0.05, 0) is 41.5 Å². The molecule has 0 aliphatic carbocycles. The smallest absolute Gasteiger partial charge is 0.280 e. The quantitative estimate of drug-likeness (QED) is 0.346. The molecule has 0 saturated heterocycles. The molecular weight excluding hydrogens is 444 g/mol. The summed E-state index contributed by atoms with van der Waals surface area (Å²) in [4.78, 5) is 25.1. The summed E-state index contributed by atoms with van der Waals surface area (Å²) >= 11 is 3.54. The maximum absolute atomic E-state index is 12.7. The third-order valence-corrected chi connectivity index (χ3v) is 5.52. The molecule has 0 spiro atoms. The molecule has 0 fully saturated rings. The Balaban J connectivity index is 1.50. The van der Waals surface area contributed by atoms with Crippen molar-refractivity contribution in [2.45, 2.75) is 13.3 Å². The average molecular weight is 463 g/mol. The molecule has 0 radical (unpaired) electrons. The van der Waals surface area contributed by atoms with Gasteiger partial charge in [0.15, 0.2) is 0 Å². The number of H-pyrrole nitrogens is 1. The fourth-order valence-corrected chi connectivity index (χ4v) is 3.81. The minimum Gasteiger partial charge on any atom is -0.295 e. The van der Waals surface area contributed by atoms with E-state index in [1.807, 2.05) is 66.7 Å². The molecule has 1 heterocycles. The number of fused-ring (bicyclic) bond motifs is 1. The summed E-state index contributed by atoms with van der Waals surface area (Å²) in [6.45, 7) is 1.79. The van der Waals surface area contributed by atoms with E-state index in [1.165, 1.54) is 10.9 Å². The van der Waals surface area contributed by atoms with Crippen LogP contribution in [0.15, 0.2) is 81.1 Å². The number of benzene rings is 3. The van der Waals surface area contributed by atoms with E-state index in [0.717, 1.165) is 26.5 Å². The number of amides is 1. The lowest BCUT2D eigenvalue weighted by molar-refractivity contribution is -0.120. The molecule has 3 aromatic carbocycles. The van der Waals surface area contributed by atoms with Gasteiger partial charge in [0.2, 0.25) is 5.91 Å². The average Bonchev–Trinajstić information content (AvgIpc) is 3.05. The van der Waals surface area contributed by atoms with E-state index in [4.69, 9.17) is 0 Å². The summed E-state index contributed by atoms with van der Waals surface area (Å²) in [6.07, 6.45) is 1.57. The highest BCUT2D eigenvalue weighted by Crippen LogP contribution is 2.27. The van der Waals surface area contributed by atoms with Gasteiger partial charge in [-0.1, -0.05) is 64.5 Å². The number of halogens is 1. The van der Waals surface area contributed by atoms with Crippen molar-refractivity contribution in [1.82, 2.24) is 15.2 Å². The van der Waals surface area contributed by atoms with Crippen molar-refractivity contribution in [3.05, 3.63) is 98.4 Å². The number of para-hydroxylation sites is 1. The molecule has 6 nitrogen and oxygen atoms in total. The molecule has 1 aromatic heterocycles. The first-order valence-electron chi connectivity index (χ1n) is 9.39. The van der Waals surface area contributed by atoms with Crippen molar-refractivity contribution in [2.75, 3.05) is 0 Å². The number of aromatic nitrogens is 2. The Morgan fingerprint density at radius 2 is 1.77 bits per heavy atom. The largest absolute Gasteiger partial charge is 0.295 e. The molecule has 0 aliphatic heterocycles. The fourth-order valence-electron chi connectivity index (χ4n) is 3.33. The summed E-state index contributed by atoms with van der Waals surface area (Å²) in [5.74, 6) is -0.254. The SMILES string of the molecule is Cc1[nH]n(-c2ccccc2)c(=O)c1C=NNC(=O)Cc1ccc(Br)c2ccccc12. The molecule has 30 heavy (non-hydrogen) atoms. The summed E-state index contributed by atoms with van der Waals surface area (Å²) in [5.41, 5.74) is 5.00. The highest BCUT2D eigenvalue weighted by molar-refractivity contribution is 9.10. The number of nitrogens with one attached hydrogen (secondary N) is 2. The summed E-state index contributed by atoms with van der Waals surface area (Å²) < 4.78 is 2.44. The van der Waals surface area contributed by atoms with Crippen LogP contribution in [0, 0.1) is 6.92 Å². The molecule has 0 atom stereocenters. The second-order valence-electron chi connectivity index (χ2n) is 6.85. The van der Waals surface area contributed by atoms with Gasteiger partial charge in [0.1, 0.15) is 0 Å². The zero-order chi connectivity index (χ0) is 21.1. The predicted molar refractivity (Wildman–Crippen MR) is 122 cm³/mol. The maximum Gasteiger partial charge on any atom is 0.280 e. The fraction of sp³-hybridized carbons (Fsp3) is 0.0870. The minimum absolute atomic E-state index is 0.186. The number of hydrogen-bond donors (Lipinski definition) is 2. The monoisotopic (exact) mass is 462 g/mol. The number of nitrogens with zero attached hydrogens (tertiary/aromatic N) is 2. The van der Waals surface area contributed by atoms with Crippen LogP contribution in [0.4, 0.5) is 0 Å². The molecule has 1 amide bonds. The Bertz CT molecular complexity index is 1310. The van der Waals surface area contributed by atoms with Crippen molar-refractivity contribution in [1.29, 1.82) is 0 Å². The summed E-state index contributed by atoms with van der Waals surface area (Å²) in [5, 5.41) is 9.09. The second kappa shape index (κ2) is 8.51. The zero-order valence-electron chi connectivity index (χ0n) is 16.2. The first kappa shape index (κ1) is 19.8. The lowest BCUT2D eigenvalue weighted by Crippen LogP contribution is -2.21. The molecule has 4 rings (SSSR count). The standard InChI is InChI=1S/C23H19BrN4O2/c1-15-20(23(30)28(27-15)17-7-3-2-4-8-17)14-25-26-22(29)13-16-11-12-21(24)19-10-6-5-9-18(16)19/h2-12,14,27H,13H2,1H3,(H,26,29). The second-order valence-corrected chi connectivity index (χ2v) is 7.70. The van der Waals surface area contributed by atoms with Crippen LogP contribution in [0.3, 0.4) is 0 Å². The highest BCUT2D eigenvalue weighted by atomic mass is 79.9. The Labute approximate surface area is 181 Å². The molecular formula is C23H19BrN4O2. The molecule has 0 aliphatic rings. The van der Waals surface area contributed by atoms with Crippen LogP contribution >= 0.6 is 15.9 Å². The predicted octanol–water partition coefficient (Wildman–Crippen LogP) is 4.08. The van der Waals surface area contributed by atoms with Gasteiger partial charge >= 0.3 is 0 Å². The normalized spacial score (nSPS) is 11.3. The number of carbonyl (C=O) groups excluding carboxylic acids is 1. The van der Waals surface area contributed by atoms with Gasteiger partial charge in [0, 0.05) is 10.2 Å². The van der Waals surface area contributed by atoms with E-state index >= 15 is 0 Å². The van der Waals surface area contributed by atoms with E-state index in [9.17, 15) is 9.59 Å². The molecule has 2 N–H and O–H groups in total. The van der Waals surface area contributed by atoms with Gasteiger partial charge < -0.3 is 0 Å². The highest BCUT2D eigenvalue weighted by Gasteiger charge is 2.11. The van der Waals surface area contributed by atoms with Crippen LogP contribution in [-0.2, 0) is 11.2 Å². The molecule has 0 bridgehead atoms. The van der Waals surface area contributed by atoms with E-state index in [1.54, 1.807) is 6.92 Å². The summed E-state index contributed by atoms with van der Waals surface area (Å²) in [7, 11) is 0. The molecule has 7 heteroatoms. The lowest BCUT2D eigenvalue weighted by atomic mass is 10.0. The topological polar surface area (TPSA) is 79.2 Å². The Hall–Kier alpha value is -3.45. The first-order chi connectivity index (χ1) is 14.5. The molecule has 0 saturated carbocycles. The van der Waals surface area contributed by atoms with Gasteiger partial charge in [-0.3, -0.25) is 14.7 Å². The Morgan fingerprint density at radius 1 is 1.07 bits per heavy atom. The summed E-state index contributed by atoms with van der Waals surface area (Å²) in [6, 6.07) is 21.0. The molecule has 0 unspecified atom stereocenters. The van der Waals surface area contributed by atoms with Crippen molar-refractivity contribution < 1.29 is 4.79 Å². The minimum atomic E-state index is -0.254. The van der Waals surface area contributed by atoms with Crippen LogP contribution in [0.1, 0.15) is 16.8 Å². The number of hydrogen-bond acceptors (Lipinski definition) is 3. The first-order valence-corrected chi connectivity index (χ1v) is 10.2. The van der Waals surface area contributed by atoms with Crippen molar-refractivity contribution >= 4 is 38.8 Å². The Morgan fingerprint density at radius 3 is 2.53 bits per heavy atom. The van der Waals surface area contributed by atoms with Gasteiger partial charge in [0.05, 0.1) is 23.9 Å². The molecule has 150 valence electrons. The van der Waals surface area contributed by atoms with E-state index < -0.39 is 0 Å². The van der Waals surface area contributed by atoms with Crippen molar-refractivity contribution in [3.8, 4) is 5.69 Å². The van der Waals surface area contributed by atoms with Crippen LogP contribution in [0.25, 0.3) is 16.5 Å². The van der Waals surface area contributed by atoms with Crippen LogP contribution in [0.2, 0.25) is 0 Å². The number of rotatable bonds is 5. The number of aromatic amines is 1. The number of aryl methyl sites for hydroxylation is 1. The van der Waals surface area contributed by atoms with Gasteiger partial charge in [-0.2, -0.15) is 5.10 Å². The number of hydrazone groups is 1. The third-order valence-electron chi connectivity index (χ3n) is 4.83. The molecule has 4 aromatic rings. The van der Waals surface area contributed by atoms with Crippen molar-refractivity contribution in [2.24, 2.45) is 5.10 Å². The Kier molecular flexibility index (Phi) is 5.63. The maximum atomic E-state index is 12.7. The third kappa shape index (κ3) is 3.97. The van der Waals surface area contributed by atoms with Gasteiger partial charge in [-0.15, -0.1) is 0 Å².